The molecule has 1 aliphatic carbocycles. The lowest BCUT2D eigenvalue weighted by molar-refractivity contribution is -0.259. The smallest absolute Gasteiger partial charge is 0.229 e. The van der Waals surface area contributed by atoms with Crippen molar-refractivity contribution in [2.24, 2.45) is 11.8 Å². The van der Waals surface area contributed by atoms with Crippen LogP contribution in [0, 0.1) is 11.8 Å². The first-order valence-corrected chi connectivity index (χ1v) is 17.8. The van der Waals surface area contributed by atoms with E-state index in [4.69, 9.17) is 14.2 Å². The molecule has 2 aromatic rings. The molecule has 7 atom stereocenters. The Kier molecular flexibility index (Phi) is 8.98. The first-order valence-electron chi connectivity index (χ1n) is 17.8. The average molecular weight is 671 g/mol. The lowest BCUT2D eigenvalue weighted by Crippen LogP contribution is -2.69. The maximum absolute atomic E-state index is 13.5. The summed E-state index contributed by atoms with van der Waals surface area (Å²) >= 11 is 0. The third-order valence-corrected chi connectivity index (χ3v) is 12.4. The molecular weight excluding hydrogens is 624 g/mol. The summed E-state index contributed by atoms with van der Waals surface area (Å²) in [5, 5.41) is 22.2. The van der Waals surface area contributed by atoms with Gasteiger partial charge in [0.25, 0.3) is 0 Å². The largest absolute Gasteiger partial charge is 0.545 e. The number of hydrogen-bond donors (Lipinski definition) is 0. The molecule has 1 saturated carbocycles. The Morgan fingerprint density at radius 3 is 2.57 bits per heavy atom. The molecule has 6 aliphatic rings. The molecule has 5 heterocycles. The van der Waals surface area contributed by atoms with Gasteiger partial charge in [-0.25, -0.2) is 0 Å². The Bertz CT molecular complexity index is 1690. The van der Waals surface area contributed by atoms with Crippen LogP contribution in [0.1, 0.15) is 103 Å². The SMILES string of the molecule is CCCCCC[C@H](C)c1cccc(C(=O)[O-])c1C(=O)[O-].COc1cc2c(cc1OC)[C@@]13CCN4CC5=CCO[C@H]6CC(=O)N2[C@H]1[C@H]6[C@H]5C[C@H]43. The summed E-state index contributed by atoms with van der Waals surface area (Å²) < 4.78 is 17.6. The van der Waals surface area contributed by atoms with Gasteiger partial charge in [-0.05, 0) is 54.8 Å². The zero-order valence-electron chi connectivity index (χ0n) is 28.9. The van der Waals surface area contributed by atoms with Crippen LogP contribution in [0.2, 0.25) is 0 Å². The molecule has 10 nitrogen and oxygen atoms in total. The van der Waals surface area contributed by atoms with Crippen LogP contribution in [0.15, 0.2) is 42.0 Å². The maximum Gasteiger partial charge on any atom is 0.229 e. The minimum Gasteiger partial charge on any atom is -0.545 e. The fourth-order valence-corrected chi connectivity index (χ4v) is 10.3. The van der Waals surface area contributed by atoms with E-state index in [1.165, 1.54) is 18.1 Å². The van der Waals surface area contributed by atoms with Crippen LogP contribution in [-0.2, 0) is 14.9 Å². The van der Waals surface area contributed by atoms with E-state index in [2.05, 4.69) is 28.9 Å². The van der Waals surface area contributed by atoms with Crippen molar-refractivity contribution >= 4 is 23.5 Å². The lowest BCUT2D eigenvalue weighted by Gasteiger charge is -2.58. The number of methoxy groups -OCH3 is 2. The van der Waals surface area contributed by atoms with Crippen molar-refractivity contribution in [2.45, 2.75) is 94.7 Å². The van der Waals surface area contributed by atoms with Gasteiger partial charge in [0.15, 0.2) is 11.5 Å². The molecule has 2 bridgehead atoms. The topological polar surface area (TPSA) is 132 Å². The number of aromatic carboxylic acids is 2. The lowest BCUT2D eigenvalue weighted by atomic mass is 9.53. The first kappa shape index (κ1) is 33.6. The molecule has 1 amide bonds. The highest BCUT2D eigenvalue weighted by atomic mass is 16.5. The summed E-state index contributed by atoms with van der Waals surface area (Å²) in [7, 11) is 3.36. The van der Waals surface area contributed by atoms with Crippen LogP contribution in [0.5, 0.6) is 11.5 Å². The number of carbonyl (C=O) groups excluding carboxylic acids is 3. The molecule has 10 heteroatoms. The van der Waals surface area contributed by atoms with Crippen LogP contribution >= 0.6 is 0 Å². The van der Waals surface area contributed by atoms with Gasteiger partial charge in [0.1, 0.15) is 0 Å². The molecule has 8 rings (SSSR count). The quantitative estimate of drug-likeness (QED) is 0.275. The highest BCUT2D eigenvalue weighted by Crippen LogP contribution is 2.66. The minimum atomic E-state index is -1.48. The number of unbranched alkanes of at least 4 members (excludes halogenated alkanes) is 3. The summed E-state index contributed by atoms with van der Waals surface area (Å²) in [5.74, 6) is -0.381. The molecular formula is C39H46N2O8-2. The molecule has 2 aromatic carbocycles. The molecule has 0 aromatic heterocycles. The molecule has 0 unspecified atom stereocenters. The molecule has 0 radical (unpaired) electrons. The number of hydrogen-bond acceptors (Lipinski definition) is 9. The van der Waals surface area contributed by atoms with E-state index in [-0.39, 0.29) is 40.5 Å². The molecule has 1 spiro atoms. The van der Waals surface area contributed by atoms with Gasteiger partial charge in [-0.15, -0.1) is 0 Å². The second kappa shape index (κ2) is 13.1. The fourth-order valence-electron chi connectivity index (χ4n) is 10.3. The van der Waals surface area contributed by atoms with Gasteiger partial charge in [-0.1, -0.05) is 69.4 Å². The van der Waals surface area contributed by atoms with E-state index >= 15 is 0 Å². The Morgan fingerprint density at radius 2 is 1.86 bits per heavy atom. The van der Waals surface area contributed by atoms with Gasteiger partial charge in [-0.3, -0.25) is 9.69 Å². The highest BCUT2D eigenvalue weighted by molar-refractivity contribution is 6.01. The van der Waals surface area contributed by atoms with Gasteiger partial charge in [0.05, 0.1) is 57.0 Å². The summed E-state index contributed by atoms with van der Waals surface area (Å²) in [5.41, 5.74) is 3.83. The molecule has 262 valence electrons. The number of amides is 1. The predicted molar refractivity (Wildman–Crippen MR) is 179 cm³/mol. The molecule has 3 saturated heterocycles. The summed E-state index contributed by atoms with van der Waals surface area (Å²) in [4.78, 5) is 40.5. The fraction of sp³-hybridized carbons (Fsp3) is 0.564. The van der Waals surface area contributed by atoms with Crippen molar-refractivity contribution < 1.29 is 38.8 Å². The van der Waals surface area contributed by atoms with Gasteiger partial charge < -0.3 is 38.9 Å². The second-order valence-corrected chi connectivity index (χ2v) is 14.6. The van der Waals surface area contributed by atoms with Crippen molar-refractivity contribution in [3.63, 3.8) is 0 Å². The van der Waals surface area contributed by atoms with Crippen LogP contribution < -0.4 is 24.6 Å². The number of nitrogens with zero attached hydrogens (tertiary/aromatic N) is 2. The van der Waals surface area contributed by atoms with E-state index in [1.54, 1.807) is 31.9 Å². The van der Waals surface area contributed by atoms with Gasteiger partial charge in [0, 0.05) is 41.1 Å². The molecule has 49 heavy (non-hydrogen) atoms. The standard InChI is InChI=1S/C23H26N2O4.C16H22O4/c1-27-16-8-14-15(9-17(16)28-2)25-20(26)10-18-21-13-7-19-23(14,22(21)25)4-5-24(19)11-12(13)3-6-29-18;1-3-4-5-6-8-11(2)12-9-7-10-13(15(17)18)14(12)16(19)20/h3,8-9,13,18-19,21-22H,4-7,10-11H2,1-2H3;7,9-11H,3-6,8H2,1-2H3,(H,17,18)(H,19,20)/p-2/t13-,18-,19-,21-,22-,23+;11-/m00/s1. The number of rotatable bonds is 10. The molecule has 0 N–H and O–H groups in total. The maximum atomic E-state index is 13.5. The number of piperidine rings is 2. The van der Waals surface area contributed by atoms with E-state index < -0.39 is 11.9 Å². The van der Waals surface area contributed by atoms with Crippen LogP contribution in [0.4, 0.5) is 5.69 Å². The zero-order chi connectivity index (χ0) is 34.6. The Balaban J connectivity index is 0.000000168. The number of fused-ring (bicyclic) bond motifs is 2. The van der Waals surface area contributed by atoms with Crippen LogP contribution in [0.3, 0.4) is 0 Å². The van der Waals surface area contributed by atoms with E-state index in [0.717, 1.165) is 63.1 Å². The summed E-state index contributed by atoms with van der Waals surface area (Å²) in [6, 6.07) is 9.32. The zero-order valence-corrected chi connectivity index (χ0v) is 28.9. The van der Waals surface area contributed by atoms with Crippen molar-refractivity contribution in [1.82, 2.24) is 4.90 Å². The Labute approximate surface area is 288 Å². The summed E-state index contributed by atoms with van der Waals surface area (Å²) in [6.07, 6.45) is 10.3. The highest BCUT2D eigenvalue weighted by Gasteiger charge is 2.71. The third kappa shape index (κ3) is 5.25. The van der Waals surface area contributed by atoms with E-state index in [0.29, 0.717) is 42.2 Å². The average Bonchev–Trinajstić information content (AvgIpc) is 3.56. The Morgan fingerprint density at radius 1 is 1.08 bits per heavy atom. The Hall–Kier alpha value is -3.89. The number of carbonyl (C=O) groups is 3. The predicted octanol–water partition coefficient (Wildman–Crippen LogP) is 3.60. The minimum absolute atomic E-state index is 0.0148. The number of carboxylic acid groups (broad SMARTS) is 2. The number of carboxylic acids is 2. The van der Waals surface area contributed by atoms with E-state index in [9.17, 15) is 24.6 Å². The monoisotopic (exact) mass is 670 g/mol. The number of anilines is 1. The van der Waals surface area contributed by atoms with Crippen molar-refractivity contribution in [1.29, 1.82) is 0 Å². The number of benzene rings is 2. The summed E-state index contributed by atoms with van der Waals surface area (Å²) in [6.45, 7) is 6.84. The second-order valence-electron chi connectivity index (χ2n) is 14.6. The third-order valence-electron chi connectivity index (χ3n) is 12.4. The van der Waals surface area contributed by atoms with Crippen molar-refractivity contribution in [3.8, 4) is 11.5 Å². The van der Waals surface area contributed by atoms with Gasteiger partial charge in [-0.2, -0.15) is 0 Å². The van der Waals surface area contributed by atoms with Gasteiger partial charge >= 0.3 is 0 Å². The number of ether oxygens (including phenoxy) is 3. The first-order chi connectivity index (χ1) is 23.7. The van der Waals surface area contributed by atoms with Gasteiger partial charge in [0.2, 0.25) is 5.91 Å². The van der Waals surface area contributed by atoms with Crippen molar-refractivity contribution in [3.05, 3.63) is 64.2 Å². The van der Waals surface area contributed by atoms with Crippen molar-refractivity contribution in [2.75, 3.05) is 38.8 Å². The molecule has 5 aliphatic heterocycles. The normalized spacial score (nSPS) is 29.2. The molecule has 4 fully saturated rings. The van der Waals surface area contributed by atoms with Crippen LogP contribution in [-0.4, -0.2) is 74.8 Å². The van der Waals surface area contributed by atoms with Crippen LogP contribution in [0.25, 0.3) is 0 Å². The van der Waals surface area contributed by atoms with E-state index in [1.807, 2.05) is 13.0 Å².